The Morgan fingerprint density at radius 2 is 2.50 bits per heavy atom. The molecule has 0 bridgehead atoms. The van der Waals surface area contributed by atoms with Gasteiger partial charge in [-0.3, -0.25) is 4.79 Å². The third-order valence-corrected chi connectivity index (χ3v) is 3.84. The van der Waals surface area contributed by atoms with Crippen molar-refractivity contribution >= 4 is 33.2 Å². The molecule has 16 heavy (non-hydrogen) atoms. The van der Waals surface area contributed by atoms with Gasteiger partial charge in [-0.1, -0.05) is 0 Å². The van der Waals surface area contributed by atoms with E-state index in [1.165, 1.54) is 7.11 Å². The van der Waals surface area contributed by atoms with E-state index in [-0.39, 0.29) is 24.8 Å². The Kier molecular flexibility index (Phi) is 3.96. The van der Waals surface area contributed by atoms with Crippen molar-refractivity contribution in [2.24, 2.45) is 0 Å². The zero-order chi connectivity index (χ0) is 11.5. The maximum atomic E-state index is 11.1. The Balaban J connectivity index is 1.90. The van der Waals surface area contributed by atoms with Crippen molar-refractivity contribution in [3.05, 3.63) is 20.8 Å². The molecule has 2 atom stereocenters. The lowest BCUT2D eigenvalue weighted by Gasteiger charge is -2.08. The number of carbonyl (C=O) groups is 1. The maximum Gasteiger partial charge on any atom is 0.308 e. The second kappa shape index (κ2) is 5.27. The van der Waals surface area contributed by atoms with E-state index in [2.05, 4.69) is 20.7 Å². The number of ether oxygens (including phenoxy) is 3. The van der Waals surface area contributed by atoms with Gasteiger partial charge < -0.3 is 14.2 Å². The fourth-order valence-corrected chi connectivity index (χ4v) is 2.84. The van der Waals surface area contributed by atoms with Gasteiger partial charge in [0.1, 0.15) is 0 Å². The monoisotopic (exact) mass is 306 g/mol. The first kappa shape index (κ1) is 12.0. The molecule has 1 fully saturated rings. The summed E-state index contributed by atoms with van der Waals surface area (Å²) in [5.41, 5.74) is 0. The summed E-state index contributed by atoms with van der Waals surface area (Å²) in [4.78, 5) is 12.1. The summed E-state index contributed by atoms with van der Waals surface area (Å²) < 4.78 is 16.7. The van der Waals surface area contributed by atoms with E-state index in [0.29, 0.717) is 6.61 Å². The second-order valence-corrected chi connectivity index (χ2v) is 5.84. The summed E-state index contributed by atoms with van der Waals surface area (Å²) in [6.07, 6.45) is -0.330. The first-order valence-corrected chi connectivity index (χ1v) is 6.39. The van der Waals surface area contributed by atoms with Crippen LogP contribution in [0.4, 0.5) is 0 Å². The van der Waals surface area contributed by atoms with Gasteiger partial charge in [-0.05, 0) is 28.1 Å². The van der Waals surface area contributed by atoms with Crippen LogP contribution >= 0.6 is 27.3 Å². The number of hydrogen-bond donors (Lipinski definition) is 0. The molecule has 88 valence electrons. The van der Waals surface area contributed by atoms with Crippen LogP contribution in [0.15, 0.2) is 15.9 Å². The summed E-state index contributed by atoms with van der Waals surface area (Å²) in [5.74, 6) is -0.276. The van der Waals surface area contributed by atoms with Crippen molar-refractivity contribution in [3.63, 3.8) is 0 Å². The first-order valence-electron chi connectivity index (χ1n) is 4.78. The Hall–Kier alpha value is -0.430. The van der Waals surface area contributed by atoms with Gasteiger partial charge in [-0.15, -0.1) is 11.3 Å². The van der Waals surface area contributed by atoms with E-state index in [4.69, 9.17) is 9.47 Å². The van der Waals surface area contributed by atoms with Crippen molar-refractivity contribution in [1.82, 2.24) is 0 Å². The summed E-state index contributed by atoms with van der Waals surface area (Å²) in [6.45, 7) is 0.426. The van der Waals surface area contributed by atoms with E-state index in [1.807, 2.05) is 12.1 Å². The van der Waals surface area contributed by atoms with Crippen LogP contribution in [-0.2, 0) is 19.0 Å². The van der Waals surface area contributed by atoms with Crippen LogP contribution in [0, 0.1) is 0 Å². The van der Waals surface area contributed by atoms with Crippen LogP contribution in [0.2, 0.25) is 0 Å². The van der Waals surface area contributed by atoms with Crippen molar-refractivity contribution < 1.29 is 19.0 Å². The van der Waals surface area contributed by atoms with Gasteiger partial charge in [-0.2, -0.15) is 0 Å². The van der Waals surface area contributed by atoms with Gasteiger partial charge in [0.2, 0.25) is 0 Å². The number of halogens is 1. The largest absolute Gasteiger partial charge is 0.469 e. The highest BCUT2D eigenvalue weighted by Gasteiger charge is 2.30. The minimum atomic E-state index is -0.356. The highest BCUT2D eigenvalue weighted by atomic mass is 79.9. The number of carbonyl (C=O) groups excluding carboxylic acids is 1. The zero-order valence-electron chi connectivity index (χ0n) is 8.64. The molecule has 4 nitrogen and oxygen atoms in total. The molecule has 2 unspecified atom stereocenters. The molecular weight excluding hydrogens is 296 g/mol. The molecule has 0 amide bonds. The van der Waals surface area contributed by atoms with E-state index < -0.39 is 0 Å². The van der Waals surface area contributed by atoms with Crippen LogP contribution < -0.4 is 0 Å². The number of rotatable bonds is 3. The predicted molar refractivity (Wildman–Crippen MR) is 62.2 cm³/mol. The normalized spacial score (nSPS) is 24.6. The first-order chi connectivity index (χ1) is 7.69. The van der Waals surface area contributed by atoms with E-state index >= 15 is 0 Å². The molecule has 0 aromatic carbocycles. The Morgan fingerprint density at radius 1 is 1.69 bits per heavy atom. The van der Waals surface area contributed by atoms with Crippen molar-refractivity contribution in [2.45, 2.75) is 18.8 Å². The molecule has 1 aromatic rings. The predicted octanol–water partition coefficient (Wildman–Crippen LogP) is 2.49. The maximum absolute atomic E-state index is 11.1. The summed E-state index contributed by atoms with van der Waals surface area (Å²) in [6, 6.07) is 3.89. The van der Waals surface area contributed by atoms with Crippen LogP contribution in [0.3, 0.4) is 0 Å². The number of hydrogen-bond acceptors (Lipinski definition) is 5. The van der Waals surface area contributed by atoms with Crippen molar-refractivity contribution in [1.29, 1.82) is 0 Å². The number of methoxy groups -OCH3 is 1. The lowest BCUT2D eigenvalue weighted by molar-refractivity contribution is -0.143. The molecule has 2 rings (SSSR count). The van der Waals surface area contributed by atoms with Gasteiger partial charge >= 0.3 is 5.97 Å². The third kappa shape index (κ3) is 2.82. The average molecular weight is 307 g/mol. The van der Waals surface area contributed by atoms with Gasteiger partial charge in [0.05, 0.1) is 34.9 Å². The quantitative estimate of drug-likeness (QED) is 0.805. The molecule has 0 spiro atoms. The molecule has 0 saturated carbocycles. The van der Waals surface area contributed by atoms with E-state index in [1.54, 1.807) is 11.3 Å². The Bertz CT molecular complexity index is 379. The van der Waals surface area contributed by atoms with E-state index in [0.717, 1.165) is 8.66 Å². The minimum absolute atomic E-state index is 0.210. The van der Waals surface area contributed by atoms with Crippen molar-refractivity contribution in [3.8, 4) is 0 Å². The molecule has 2 heterocycles. The van der Waals surface area contributed by atoms with E-state index in [9.17, 15) is 4.79 Å². The second-order valence-electron chi connectivity index (χ2n) is 3.35. The highest BCUT2D eigenvalue weighted by Crippen LogP contribution is 2.34. The molecule has 1 aliphatic rings. The Labute approximate surface area is 106 Å². The zero-order valence-corrected chi connectivity index (χ0v) is 11.0. The van der Waals surface area contributed by atoms with Crippen LogP contribution in [0.1, 0.15) is 17.6 Å². The third-order valence-electron chi connectivity index (χ3n) is 2.20. The fraction of sp³-hybridized carbons (Fsp3) is 0.500. The molecule has 6 heteroatoms. The molecule has 1 aliphatic heterocycles. The molecule has 0 radical (unpaired) electrons. The molecule has 1 saturated heterocycles. The fourth-order valence-electron chi connectivity index (χ4n) is 1.43. The SMILES string of the molecule is COC(=O)CC1COC(c2ccc(Br)s2)O1. The van der Waals surface area contributed by atoms with Gasteiger partial charge in [0.25, 0.3) is 0 Å². The lowest BCUT2D eigenvalue weighted by Crippen LogP contribution is -2.16. The summed E-state index contributed by atoms with van der Waals surface area (Å²) >= 11 is 4.94. The number of thiophene rings is 1. The molecule has 0 N–H and O–H groups in total. The number of esters is 1. The average Bonchev–Trinajstić information content (AvgIpc) is 2.87. The van der Waals surface area contributed by atoms with Crippen molar-refractivity contribution in [2.75, 3.05) is 13.7 Å². The summed E-state index contributed by atoms with van der Waals surface area (Å²) in [5, 5.41) is 0. The summed E-state index contributed by atoms with van der Waals surface area (Å²) in [7, 11) is 1.37. The van der Waals surface area contributed by atoms with Crippen LogP contribution in [0.25, 0.3) is 0 Å². The van der Waals surface area contributed by atoms with Crippen LogP contribution in [0.5, 0.6) is 0 Å². The van der Waals surface area contributed by atoms with Gasteiger partial charge in [0, 0.05) is 0 Å². The van der Waals surface area contributed by atoms with Gasteiger partial charge in [0.15, 0.2) is 6.29 Å². The molecule has 0 aliphatic carbocycles. The molecular formula is C10H11BrO4S. The highest BCUT2D eigenvalue weighted by molar-refractivity contribution is 9.11. The minimum Gasteiger partial charge on any atom is -0.469 e. The van der Waals surface area contributed by atoms with Crippen LogP contribution in [-0.4, -0.2) is 25.8 Å². The van der Waals surface area contributed by atoms with Gasteiger partial charge in [-0.25, -0.2) is 0 Å². The smallest absolute Gasteiger partial charge is 0.308 e. The Morgan fingerprint density at radius 3 is 3.12 bits per heavy atom. The topological polar surface area (TPSA) is 44.8 Å². The standard InChI is InChI=1S/C10H11BrO4S/c1-13-9(12)4-6-5-14-10(15-6)7-2-3-8(11)16-7/h2-3,6,10H,4-5H2,1H3. The lowest BCUT2D eigenvalue weighted by atomic mass is 10.3. The molecule has 1 aromatic heterocycles.